The highest BCUT2D eigenvalue weighted by Crippen LogP contribution is 2.27. The Balaban J connectivity index is 0.000000922. The molecule has 1 heterocycles. The number of imidazole rings is 1. The molecule has 0 aliphatic rings. The minimum absolute atomic E-state index is 0.0783. The quantitative estimate of drug-likeness (QED) is 0.0114. The molecule has 59 heavy (non-hydrogen) atoms. The Labute approximate surface area is 340 Å². The maximum Gasteiger partial charge on any atom is 0.510 e. The summed E-state index contributed by atoms with van der Waals surface area (Å²) in [4.78, 5) is 57.2. The Morgan fingerprint density at radius 3 is 2.17 bits per heavy atom. The van der Waals surface area contributed by atoms with Gasteiger partial charge in [-0.2, -0.15) is 5.12 Å². The van der Waals surface area contributed by atoms with E-state index in [0.717, 1.165) is 40.3 Å². The molecule has 20 heteroatoms. The van der Waals surface area contributed by atoms with Crippen LogP contribution < -0.4 is 11.6 Å². The zero-order valence-electron chi connectivity index (χ0n) is 33.5. The third kappa shape index (κ3) is 15.0. The lowest BCUT2D eigenvalue weighted by atomic mass is 9.98. The van der Waals surface area contributed by atoms with E-state index < -0.39 is 28.2 Å². The van der Waals surface area contributed by atoms with Gasteiger partial charge < -0.3 is 39.3 Å². The lowest BCUT2D eigenvalue weighted by molar-refractivity contribution is -0.763. The first kappa shape index (κ1) is 46.7. The molecular formula is C39H50N8O12. The van der Waals surface area contributed by atoms with Gasteiger partial charge in [0.05, 0.1) is 6.61 Å². The number of aromatic nitrogens is 2. The predicted octanol–water partition coefficient (Wildman–Crippen LogP) is 5.03. The standard InChI is InChI=1S/C35H41N7O8.C4H9NO4/c1-5-8-31-38-32(35(3,4)45)30(20-43)40(31)19-24-15-17-27(18-16-24)28-9-6-7-10-29(28)33(36)39-41(37)23(2)50-34(44)48-21-25-11-13-26(14-12-25)22-49-42(46)47;1-8-3-2-4-9-5(6)7/h6-7,9-18,20,23,45H,5,8,19,21-22,37H2,1-4H3,(H2,36,39);2-4H2,1H3. The van der Waals surface area contributed by atoms with Crippen LogP contribution in [0, 0.1) is 20.2 Å². The summed E-state index contributed by atoms with van der Waals surface area (Å²) in [6, 6.07) is 21.6. The molecule has 5 N–H and O–H groups in total. The summed E-state index contributed by atoms with van der Waals surface area (Å²) in [7, 11) is 1.53. The summed E-state index contributed by atoms with van der Waals surface area (Å²) < 4.78 is 16.9. The van der Waals surface area contributed by atoms with E-state index in [2.05, 4.69) is 24.5 Å². The number of methoxy groups -OCH3 is 1. The Morgan fingerprint density at radius 2 is 1.59 bits per heavy atom. The minimum Gasteiger partial charge on any atom is -0.429 e. The van der Waals surface area contributed by atoms with E-state index in [1.54, 1.807) is 44.2 Å². The van der Waals surface area contributed by atoms with Crippen LogP contribution in [0.25, 0.3) is 11.1 Å². The number of nitrogens with two attached hydrogens (primary N) is 2. The summed E-state index contributed by atoms with van der Waals surface area (Å²) in [5, 5.41) is 33.9. The van der Waals surface area contributed by atoms with Crippen LogP contribution in [0.1, 0.15) is 84.8 Å². The van der Waals surface area contributed by atoms with Crippen molar-refractivity contribution in [3.63, 3.8) is 0 Å². The fourth-order valence-electron chi connectivity index (χ4n) is 5.44. The molecule has 3 aromatic carbocycles. The molecule has 4 aromatic rings. The average molecular weight is 823 g/mol. The van der Waals surface area contributed by atoms with Crippen LogP contribution in [0.5, 0.6) is 0 Å². The van der Waals surface area contributed by atoms with Gasteiger partial charge in [-0.1, -0.05) is 79.7 Å². The Bertz CT molecular complexity index is 2020. The van der Waals surface area contributed by atoms with E-state index in [0.29, 0.717) is 54.1 Å². The van der Waals surface area contributed by atoms with Crippen molar-refractivity contribution in [3.05, 3.63) is 132 Å². The molecule has 0 fully saturated rings. The van der Waals surface area contributed by atoms with Gasteiger partial charge in [0.2, 0.25) is 6.23 Å². The van der Waals surface area contributed by atoms with E-state index >= 15 is 0 Å². The molecule has 0 saturated carbocycles. The van der Waals surface area contributed by atoms with Crippen molar-refractivity contribution in [1.29, 1.82) is 0 Å². The second-order valence-electron chi connectivity index (χ2n) is 13.4. The lowest BCUT2D eigenvalue weighted by Gasteiger charge is -2.21. The normalized spacial score (nSPS) is 11.7. The molecule has 0 aliphatic heterocycles. The number of aldehydes is 1. The first-order chi connectivity index (χ1) is 28.1. The first-order valence-corrected chi connectivity index (χ1v) is 18.4. The van der Waals surface area contributed by atoms with E-state index in [1.165, 1.54) is 14.0 Å². The number of ether oxygens (including phenoxy) is 3. The largest absolute Gasteiger partial charge is 0.510 e. The zero-order chi connectivity index (χ0) is 43.5. The number of rotatable bonds is 21. The number of hydrazone groups is 1. The van der Waals surface area contributed by atoms with Crippen molar-refractivity contribution in [2.75, 3.05) is 20.3 Å². The molecule has 0 bridgehead atoms. The predicted molar refractivity (Wildman–Crippen MR) is 213 cm³/mol. The van der Waals surface area contributed by atoms with Gasteiger partial charge in [0, 0.05) is 32.2 Å². The van der Waals surface area contributed by atoms with Crippen LogP contribution in [-0.4, -0.2) is 74.8 Å². The van der Waals surface area contributed by atoms with Gasteiger partial charge >= 0.3 is 6.16 Å². The number of nitrogens with zero attached hydrogens (tertiary/aromatic N) is 6. The minimum atomic E-state index is -1.26. The number of benzene rings is 3. The maximum atomic E-state index is 12.3. The Hall–Kier alpha value is -6.64. The van der Waals surface area contributed by atoms with Crippen LogP contribution in [0.4, 0.5) is 4.79 Å². The molecule has 4 rings (SSSR count). The second-order valence-corrected chi connectivity index (χ2v) is 13.4. The summed E-state index contributed by atoms with van der Waals surface area (Å²) in [5.74, 6) is 6.88. The van der Waals surface area contributed by atoms with Gasteiger partial charge in [-0.15, -0.1) is 25.3 Å². The summed E-state index contributed by atoms with van der Waals surface area (Å²) >= 11 is 0. The Kier molecular flexibility index (Phi) is 18.2. The highest BCUT2D eigenvalue weighted by atomic mass is 17.0. The van der Waals surface area contributed by atoms with Crippen molar-refractivity contribution in [3.8, 4) is 11.1 Å². The number of carbonyl (C=O) groups excluding carboxylic acids is 2. The molecule has 20 nitrogen and oxygen atoms in total. The van der Waals surface area contributed by atoms with E-state index in [9.17, 15) is 34.9 Å². The van der Waals surface area contributed by atoms with Gasteiger partial charge in [-0.25, -0.2) is 15.6 Å². The van der Waals surface area contributed by atoms with Gasteiger partial charge in [0.15, 0.2) is 12.1 Å². The molecular weight excluding hydrogens is 772 g/mol. The van der Waals surface area contributed by atoms with Crippen molar-refractivity contribution >= 4 is 18.3 Å². The number of amidine groups is 1. The fraction of sp³-hybridized carbons (Fsp3) is 0.385. The van der Waals surface area contributed by atoms with E-state index in [-0.39, 0.29) is 25.7 Å². The molecule has 0 amide bonds. The molecule has 318 valence electrons. The van der Waals surface area contributed by atoms with Crippen molar-refractivity contribution in [2.24, 2.45) is 16.7 Å². The van der Waals surface area contributed by atoms with Gasteiger partial charge in [-0.05, 0) is 61.4 Å². The molecule has 0 saturated heterocycles. The highest BCUT2D eigenvalue weighted by molar-refractivity contribution is 6.03. The van der Waals surface area contributed by atoms with Gasteiger partial charge in [0.25, 0.3) is 10.2 Å². The second kappa shape index (κ2) is 22.9. The topological polar surface area (TPSA) is 272 Å². The lowest BCUT2D eigenvalue weighted by Crippen LogP contribution is -2.40. The molecule has 0 radical (unpaired) electrons. The summed E-state index contributed by atoms with van der Waals surface area (Å²) in [6.45, 7) is 7.47. The summed E-state index contributed by atoms with van der Waals surface area (Å²) in [6.07, 6.45) is 0.756. The maximum absolute atomic E-state index is 12.3. The van der Waals surface area contributed by atoms with Crippen LogP contribution in [-0.2, 0) is 55.7 Å². The van der Waals surface area contributed by atoms with Gasteiger partial charge in [0.1, 0.15) is 36.0 Å². The molecule has 1 unspecified atom stereocenters. The highest BCUT2D eigenvalue weighted by Gasteiger charge is 2.27. The molecule has 1 aromatic heterocycles. The molecule has 0 spiro atoms. The SMILES string of the molecule is CCCc1nc(C(C)(C)O)c(C=O)n1Cc1ccc(-c2ccccc2/C(N)=N/N(N)C(C)OC(=O)OCc2ccc(CO[N+](=O)[O-])cc2)cc1.COCCCO[N+](=O)[O-]. The number of hydrogen-bond donors (Lipinski definition) is 3. The third-order valence-corrected chi connectivity index (χ3v) is 8.33. The number of hydrazine groups is 1. The van der Waals surface area contributed by atoms with Gasteiger partial charge in [-0.3, -0.25) is 4.79 Å². The monoisotopic (exact) mass is 822 g/mol. The average Bonchev–Trinajstić information content (AvgIpc) is 3.56. The number of hydrogen-bond acceptors (Lipinski definition) is 16. The van der Waals surface area contributed by atoms with Crippen LogP contribution in [0.15, 0.2) is 77.9 Å². The van der Waals surface area contributed by atoms with E-state index in [4.69, 9.17) is 21.1 Å². The van der Waals surface area contributed by atoms with Crippen LogP contribution >= 0.6 is 0 Å². The van der Waals surface area contributed by atoms with Crippen molar-refractivity contribution < 1.29 is 48.8 Å². The smallest absolute Gasteiger partial charge is 0.429 e. The van der Waals surface area contributed by atoms with Crippen molar-refractivity contribution in [1.82, 2.24) is 14.7 Å². The van der Waals surface area contributed by atoms with Crippen LogP contribution in [0.3, 0.4) is 0 Å². The number of aliphatic hydroxyl groups is 1. The zero-order valence-corrected chi connectivity index (χ0v) is 33.5. The third-order valence-electron chi connectivity index (χ3n) is 8.33. The Morgan fingerprint density at radius 1 is 0.983 bits per heavy atom. The number of carbonyl (C=O) groups is 2. The molecule has 0 aliphatic carbocycles. The number of aryl methyl sites for hydroxylation is 1. The van der Waals surface area contributed by atoms with E-state index in [1.807, 2.05) is 54.0 Å². The molecule has 1 atom stereocenters. The fourth-order valence-corrected chi connectivity index (χ4v) is 5.44. The van der Waals surface area contributed by atoms with Crippen molar-refractivity contribution in [2.45, 2.75) is 78.5 Å². The summed E-state index contributed by atoms with van der Waals surface area (Å²) in [5.41, 5.74) is 10.2. The first-order valence-electron chi connectivity index (χ1n) is 18.4. The van der Waals surface area contributed by atoms with Crippen LogP contribution in [0.2, 0.25) is 0 Å².